The first-order valence-corrected chi connectivity index (χ1v) is 7.40. The zero-order chi connectivity index (χ0) is 13.2. The van der Waals surface area contributed by atoms with Gasteiger partial charge in [-0.2, -0.15) is 0 Å². The summed E-state index contributed by atoms with van der Waals surface area (Å²) in [6.45, 7) is 5.04. The van der Waals surface area contributed by atoms with Gasteiger partial charge in [-0.1, -0.05) is 42.8 Å². The summed E-state index contributed by atoms with van der Waals surface area (Å²) in [5.41, 5.74) is 7.34. The van der Waals surface area contributed by atoms with E-state index >= 15 is 0 Å². The van der Waals surface area contributed by atoms with Crippen molar-refractivity contribution in [3.8, 4) is 0 Å². The van der Waals surface area contributed by atoms with Crippen molar-refractivity contribution in [2.45, 2.75) is 52.2 Å². The van der Waals surface area contributed by atoms with Crippen LogP contribution in [0.15, 0.2) is 35.9 Å². The van der Waals surface area contributed by atoms with Gasteiger partial charge in [0.25, 0.3) is 0 Å². The van der Waals surface area contributed by atoms with Gasteiger partial charge in [-0.25, -0.2) is 0 Å². The fourth-order valence-electron chi connectivity index (χ4n) is 2.91. The Bertz CT molecular complexity index is 537. The highest BCUT2D eigenvalue weighted by molar-refractivity contribution is 5.83. The standard InChI is InChI=1S/C18H22O/c1-3-13(2)19-12-14-8-9-18-16(10-14)11-15-6-4-5-7-17(15)18/h5,7-10,13H,3-4,6,11-12H2,1-2H3. The molecular formula is C18H22O. The lowest BCUT2D eigenvalue weighted by molar-refractivity contribution is 0.0508. The first-order chi connectivity index (χ1) is 9.28. The maximum atomic E-state index is 5.83. The van der Waals surface area contributed by atoms with Crippen molar-refractivity contribution in [2.24, 2.45) is 0 Å². The number of ether oxygens (including phenoxy) is 1. The molecule has 1 aromatic carbocycles. The van der Waals surface area contributed by atoms with Crippen molar-refractivity contribution in [1.29, 1.82) is 0 Å². The van der Waals surface area contributed by atoms with Crippen LogP contribution in [0.2, 0.25) is 0 Å². The largest absolute Gasteiger partial charge is 0.374 e. The average molecular weight is 254 g/mol. The molecule has 1 aromatic rings. The molecule has 1 atom stereocenters. The third-order valence-corrected chi connectivity index (χ3v) is 4.25. The molecule has 0 N–H and O–H groups in total. The minimum atomic E-state index is 0.350. The van der Waals surface area contributed by atoms with Crippen LogP contribution >= 0.6 is 0 Å². The molecule has 1 unspecified atom stereocenters. The Kier molecular flexibility index (Phi) is 3.56. The van der Waals surface area contributed by atoms with Crippen molar-refractivity contribution < 1.29 is 4.74 Å². The van der Waals surface area contributed by atoms with E-state index in [2.05, 4.69) is 44.2 Å². The van der Waals surface area contributed by atoms with Gasteiger partial charge in [0.05, 0.1) is 12.7 Å². The molecule has 19 heavy (non-hydrogen) atoms. The Morgan fingerprint density at radius 1 is 1.32 bits per heavy atom. The Morgan fingerprint density at radius 3 is 3.05 bits per heavy atom. The van der Waals surface area contributed by atoms with Crippen molar-refractivity contribution in [1.82, 2.24) is 0 Å². The van der Waals surface area contributed by atoms with Crippen LogP contribution in [0.1, 0.15) is 49.8 Å². The van der Waals surface area contributed by atoms with E-state index in [1.54, 1.807) is 5.57 Å². The molecule has 1 nitrogen and oxygen atoms in total. The number of hydrogen-bond donors (Lipinski definition) is 0. The van der Waals surface area contributed by atoms with E-state index in [0.717, 1.165) is 19.4 Å². The van der Waals surface area contributed by atoms with Crippen molar-refractivity contribution in [3.63, 3.8) is 0 Å². The quantitative estimate of drug-likeness (QED) is 0.759. The van der Waals surface area contributed by atoms with E-state index < -0.39 is 0 Å². The predicted octanol–water partition coefficient (Wildman–Crippen LogP) is 4.66. The molecular weight excluding hydrogens is 232 g/mol. The maximum absolute atomic E-state index is 5.83. The van der Waals surface area contributed by atoms with E-state index in [0.29, 0.717) is 6.10 Å². The third kappa shape index (κ3) is 2.52. The number of rotatable bonds is 4. The molecule has 0 heterocycles. The summed E-state index contributed by atoms with van der Waals surface area (Å²) in [6.07, 6.45) is 9.62. The minimum Gasteiger partial charge on any atom is -0.374 e. The van der Waals surface area contributed by atoms with Gasteiger partial charge in [0.15, 0.2) is 0 Å². The van der Waals surface area contributed by atoms with Crippen LogP contribution in [0.25, 0.3) is 5.57 Å². The Balaban J connectivity index is 1.76. The van der Waals surface area contributed by atoms with E-state index in [1.165, 1.54) is 35.1 Å². The summed E-state index contributed by atoms with van der Waals surface area (Å²) in [5.74, 6) is 0. The van der Waals surface area contributed by atoms with Gasteiger partial charge >= 0.3 is 0 Å². The summed E-state index contributed by atoms with van der Waals surface area (Å²) >= 11 is 0. The SMILES string of the molecule is CCC(C)OCc1ccc2c(c1)CC1=C2C=CCC1. The Morgan fingerprint density at radius 2 is 2.21 bits per heavy atom. The maximum Gasteiger partial charge on any atom is 0.0720 e. The lowest BCUT2D eigenvalue weighted by Gasteiger charge is -2.11. The smallest absolute Gasteiger partial charge is 0.0720 e. The molecule has 0 fully saturated rings. The van der Waals surface area contributed by atoms with E-state index in [9.17, 15) is 0 Å². The molecule has 0 spiro atoms. The topological polar surface area (TPSA) is 9.23 Å². The van der Waals surface area contributed by atoms with Gasteiger partial charge < -0.3 is 4.74 Å². The lowest BCUT2D eigenvalue weighted by atomic mass is 9.98. The van der Waals surface area contributed by atoms with E-state index in [4.69, 9.17) is 4.74 Å². The second-order valence-electron chi connectivity index (χ2n) is 5.66. The highest BCUT2D eigenvalue weighted by Crippen LogP contribution is 2.38. The molecule has 0 aliphatic heterocycles. The van der Waals surface area contributed by atoms with E-state index in [-0.39, 0.29) is 0 Å². The molecule has 0 aromatic heterocycles. The Hall–Kier alpha value is -1.34. The van der Waals surface area contributed by atoms with Gasteiger partial charge in [-0.3, -0.25) is 0 Å². The van der Waals surface area contributed by atoms with Gasteiger partial charge in [0, 0.05) is 0 Å². The molecule has 0 bridgehead atoms. The number of benzene rings is 1. The molecule has 2 aliphatic rings. The van der Waals surface area contributed by atoms with Gasteiger partial charge in [0.2, 0.25) is 0 Å². The highest BCUT2D eigenvalue weighted by Gasteiger charge is 2.21. The van der Waals surface area contributed by atoms with Gasteiger partial charge in [0.1, 0.15) is 0 Å². The fourth-order valence-corrected chi connectivity index (χ4v) is 2.91. The van der Waals surface area contributed by atoms with Crippen LogP contribution in [0, 0.1) is 0 Å². The molecule has 0 amide bonds. The zero-order valence-electron chi connectivity index (χ0n) is 11.9. The molecule has 0 saturated heterocycles. The van der Waals surface area contributed by atoms with Gasteiger partial charge in [-0.15, -0.1) is 0 Å². The molecule has 0 saturated carbocycles. The molecule has 1 heteroatoms. The van der Waals surface area contributed by atoms with E-state index in [1.807, 2.05) is 0 Å². The van der Waals surface area contributed by atoms with Crippen LogP contribution in [-0.2, 0) is 17.8 Å². The second kappa shape index (κ2) is 5.34. The van der Waals surface area contributed by atoms with Crippen LogP contribution in [-0.4, -0.2) is 6.10 Å². The van der Waals surface area contributed by atoms with Crippen molar-refractivity contribution in [2.75, 3.05) is 0 Å². The summed E-state index contributed by atoms with van der Waals surface area (Å²) in [5, 5.41) is 0. The van der Waals surface area contributed by atoms with Crippen LogP contribution in [0.3, 0.4) is 0 Å². The van der Waals surface area contributed by atoms with Crippen LogP contribution < -0.4 is 0 Å². The minimum absolute atomic E-state index is 0.350. The lowest BCUT2D eigenvalue weighted by Crippen LogP contribution is -2.06. The first kappa shape index (κ1) is 12.7. The van der Waals surface area contributed by atoms with Crippen LogP contribution in [0.4, 0.5) is 0 Å². The van der Waals surface area contributed by atoms with Crippen molar-refractivity contribution in [3.05, 3.63) is 52.6 Å². The summed E-state index contributed by atoms with van der Waals surface area (Å²) in [7, 11) is 0. The molecule has 0 radical (unpaired) electrons. The predicted molar refractivity (Wildman–Crippen MR) is 80.0 cm³/mol. The number of allylic oxidation sites excluding steroid dienone is 4. The number of fused-ring (bicyclic) bond motifs is 2. The van der Waals surface area contributed by atoms with Gasteiger partial charge in [-0.05, 0) is 54.9 Å². The third-order valence-electron chi connectivity index (χ3n) is 4.25. The first-order valence-electron chi connectivity index (χ1n) is 7.40. The molecule has 2 aliphatic carbocycles. The fraction of sp³-hybridized carbons (Fsp3) is 0.444. The zero-order valence-corrected chi connectivity index (χ0v) is 11.9. The summed E-state index contributed by atoms with van der Waals surface area (Å²) < 4.78 is 5.83. The second-order valence-corrected chi connectivity index (χ2v) is 5.66. The number of hydrogen-bond acceptors (Lipinski definition) is 1. The van der Waals surface area contributed by atoms with Crippen LogP contribution in [0.5, 0.6) is 0 Å². The summed E-state index contributed by atoms with van der Waals surface area (Å²) in [6, 6.07) is 6.84. The molecule has 100 valence electrons. The monoisotopic (exact) mass is 254 g/mol. The normalized spacial score (nSPS) is 18.4. The highest BCUT2D eigenvalue weighted by atomic mass is 16.5. The van der Waals surface area contributed by atoms with Crippen molar-refractivity contribution >= 4 is 5.57 Å². The Labute approximate surface area is 116 Å². The molecule has 3 rings (SSSR count). The average Bonchev–Trinajstić information content (AvgIpc) is 2.82. The summed E-state index contributed by atoms with van der Waals surface area (Å²) in [4.78, 5) is 0.